The number of halogens is 1. The Morgan fingerprint density at radius 3 is 2.53 bits per heavy atom. The number of carbonyl (C=O) groups excluding carboxylic acids is 2. The van der Waals surface area contributed by atoms with Gasteiger partial charge in [0, 0.05) is 13.1 Å². The van der Waals surface area contributed by atoms with Crippen molar-refractivity contribution in [1.82, 2.24) is 14.9 Å². The zero-order valence-corrected chi connectivity index (χ0v) is 19.9. The van der Waals surface area contributed by atoms with E-state index in [2.05, 4.69) is 10.6 Å². The molecule has 3 rings (SSSR count). The van der Waals surface area contributed by atoms with E-state index >= 15 is 0 Å². The molecule has 1 aliphatic heterocycles. The van der Waals surface area contributed by atoms with Gasteiger partial charge >= 0.3 is 11.8 Å². The molecule has 0 aromatic heterocycles. The Bertz CT molecular complexity index is 1120. The number of nitrogens with zero attached hydrogens (tertiary/aromatic N) is 1. The summed E-state index contributed by atoms with van der Waals surface area (Å²) in [6.45, 7) is 2.04. The van der Waals surface area contributed by atoms with E-state index in [1.54, 1.807) is 19.2 Å². The summed E-state index contributed by atoms with van der Waals surface area (Å²) in [6.07, 6.45) is 0.00681. The molecule has 9 nitrogen and oxygen atoms in total. The van der Waals surface area contributed by atoms with Gasteiger partial charge in [0.15, 0.2) is 0 Å². The first-order valence-corrected chi connectivity index (χ1v) is 12.2. The minimum Gasteiger partial charge on any atom is -0.497 e. The van der Waals surface area contributed by atoms with Crippen molar-refractivity contribution in [2.45, 2.75) is 30.9 Å². The van der Waals surface area contributed by atoms with Gasteiger partial charge in [-0.1, -0.05) is 12.1 Å². The zero-order valence-electron chi connectivity index (χ0n) is 19.0. The van der Waals surface area contributed by atoms with E-state index in [0.717, 1.165) is 27.8 Å². The van der Waals surface area contributed by atoms with Crippen LogP contribution in [-0.4, -0.2) is 64.1 Å². The summed E-state index contributed by atoms with van der Waals surface area (Å²) < 4.78 is 51.5. The first-order valence-electron chi connectivity index (χ1n) is 10.8. The van der Waals surface area contributed by atoms with E-state index in [-0.39, 0.29) is 30.1 Å². The molecule has 0 radical (unpaired) electrons. The van der Waals surface area contributed by atoms with Crippen molar-refractivity contribution >= 4 is 21.8 Å². The Labute approximate surface area is 198 Å². The number of sulfonamides is 1. The number of hydrogen-bond donors (Lipinski definition) is 2. The molecule has 1 saturated heterocycles. The Kier molecular flexibility index (Phi) is 8.59. The molecule has 11 heteroatoms. The number of rotatable bonds is 8. The molecule has 1 heterocycles. The molecule has 0 bridgehead atoms. The molecule has 1 fully saturated rings. The summed E-state index contributed by atoms with van der Waals surface area (Å²) in [4.78, 5) is 24.3. The van der Waals surface area contributed by atoms with Gasteiger partial charge < -0.3 is 20.1 Å². The smallest absolute Gasteiger partial charge is 0.309 e. The number of benzene rings is 2. The van der Waals surface area contributed by atoms with Crippen molar-refractivity contribution in [1.29, 1.82) is 0 Å². The van der Waals surface area contributed by atoms with Crippen LogP contribution in [0.3, 0.4) is 0 Å². The minimum atomic E-state index is -4.00. The second kappa shape index (κ2) is 11.4. The second-order valence-electron chi connectivity index (χ2n) is 7.77. The average molecular weight is 494 g/mol. The quantitative estimate of drug-likeness (QED) is 0.537. The molecule has 184 valence electrons. The Hall–Kier alpha value is -3.02. The van der Waals surface area contributed by atoms with E-state index in [1.807, 2.05) is 12.1 Å². The van der Waals surface area contributed by atoms with Gasteiger partial charge in [0.05, 0.1) is 25.2 Å². The highest BCUT2D eigenvalue weighted by Crippen LogP contribution is 2.25. The second-order valence-corrected chi connectivity index (χ2v) is 9.63. The molecule has 34 heavy (non-hydrogen) atoms. The molecule has 0 aliphatic carbocycles. The Morgan fingerprint density at radius 2 is 1.85 bits per heavy atom. The number of nitrogens with one attached hydrogen (secondary N) is 2. The van der Waals surface area contributed by atoms with Crippen LogP contribution in [0.1, 0.15) is 17.5 Å². The predicted octanol–water partition coefficient (Wildman–Crippen LogP) is 1.35. The van der Waals surface area contributed by atoms with Crippen molar-refractivity contribution in [2.75, 3.05) is 33.4 Å². The molecular weight excluding hydrogens is 465 g/mol. The predicted molar refractivity (Wildman–Crippen MR) is 122 cm³/mol. The third kappa shape index (κ3) is 6.31. The van der Waals surface area contributed by atoms with E-state index in [4.69, 9.17) is 9.47 Å². The number of amides is 2. The average Bonchev–Trinajstić information content (AvgIpc) is 2.82. The highest BCUT2D eigenvalue weighted by atomic mass is 32.2. The number of aryl methyl sites for hydroxylation is 1. The molecule has 2 N–H and O–H groups in total. The van der Waals surface area contributed by atoms with E-state index in [9.17, 15) is 22.4 Å². The van der Waals surface area contributed by atoms with Crippen LogP contribution in [0.2, 0.25) is 0 Å². The summed E-state index contributed by atoms with van der Waals surface area (Å²) in [6, 6.07) is 10.8. The first kappa shape index (κ1) is 25.6. The van der Waals surface area contributed by atoms with Crippen LogP contribution in [0.25, 0.3) is 0 Å². The lowest BCUT2D eigenvalue weighted by Gasteiger charge is -2.34. The zero-order chi connectivity index (χ0) is 24.7. The first-order chi connectivity index (χ1) is 16.2. The summed E-state index contributed by atoms with van der Waals surface area (Å²) in [5.41, 5.74) is 1.23. The van der Waals surface area contributed by atoms with Gasteiger partial charge in [-0.2, -0.15) is 4.31 Å². The fourth-order valence-electron chi connectivity index (χ4n) is 3.58. The normalized spacial score (nSPS) is 16.6. The molecule has 2 amide bonds. The summed E-state index contributed by atoms with van der Waals surface area (Å²) in [7, 11) is -2.42. The molecule has 1 unspecified atom stereocenters. The monoisotopic (exact) mass is 493 g/mol. The van der Waals surface area contributed by atoms with Crippen LogP contribution in [0, 0.1) is 12.7 Å². The van der Waals surface area contributed by atoms with Crippen molar-refractivity contribution in [3.8, 4) is 5.75 Å². The maximum atomic E-state index is 13.4. The largest absolute Gasteiger partial charge is 0.497 e. The van der Waals surface area contributed by atoms with Crippen molar-refractivity contribution in [3.05, 3.63) is 59.4 Å². The maximum Gasteiger partial charge on any atom is 0.309 e. The lowest BCUT2D eigenvalue weighted by atomic mass is 10.1. The van der Waals surface area contributed by atoms with Gasteiger partial charge in [-0.15, -0.1) is 0 Å². The Balaban J connectivity index is 1.54. The molecule has 1 atom stereocenters. The molecule has 0 saturated carbocycles. The van der Waals surface area contributed by atoms with Crippen LogP contribution in [0.15, 0.2) is 47.4 Å². The fraction of sp³-hybridized carbons (Fsp3) is 0.391. The van der Waals surface area contributed by atoms with Gasteiger partial charge in [-0.05, 0) is 61.2 Å². The number of hydrogen-bond acceptors (Lipinski definition) is 6. The fourth-order valence-corrected chi connectivity index (χ4v) is 5.36. The maximum absolute atomic E-state index is 13.4. The van der Waals surface area contributed by atoms with E-state index in [1.165, 1.54) is 13.0 Å². The Morgan fingerprint density at radius 1 is 1.15 bits per heavy atom. The lowest BCUT2D eigenvalue weighted by molar-refractivity contribution is -0.140. The summed E-state index contributed by atoms with van der Waals surface area (Å²) in [5, 5.41) is 4.97. The van der Waals surface area contributed by atoms with Crippen LogP contribution in [0.5, 0.6) is 5.75 Å². The standard InChI is InChI=1S/C23H28FN3O6S/c1-16-14-18(24)6-9-20(16)34(30,31)27-12-3-13-33-21(27)15-26-23(29)22(28)25-11-10-17-4-7-19(32-2)8-5-17/h4-9,14,21H,3,10-13,15H2,1-2H3,(H,25,28)(H,26,29). The number of carbonyl (C=O) groups is 2. The molecular formula is C23H28FN3O6S. The van der Waals surface area contributed by atoms with Crippen LogP contribution >= 0.6 is 0 Å². The van der Waals surface area contributed by atoms with E-state index in [0.29, 0.717) is 19.4 Å². The van der Waals surface area contributed by atoms with Crippen LogP contribution in [0.4, 0.5) is 4.39 Å². The summed E-state index contributed by atoms with van der Waals surface area (Å²) in [5.74, 6) is -1.52. The topological polar surface area (TPSA) is 114 Å². The van der Waals surface area contributed by atoms with E-state index < -0.39 is 33.9 Å². The van der Waals surface area contributed by atoms with Crippen LogP contribution in [-0.2, 0) is 30.8 Å². The molecule has 0 spiro atoms. The van der Waals surface area contributed by atoms with Crippen molar-refractivity contribution in [3.63, 3.8) is 0 Å². The van der Waals surface area contributed by atoms with Gasteiger partial charge in [0.1, 0.15) is 17.8 Å². The number of methoxy groups -OCH3 is 1. The van der Waals surface area contributed by atoms with Crippen LogP contribution < -0.4 is 15.4 Å². The molecule has 1 aliphatic rings. The molecule has 2 aromatic carbocycles. The highest BCUT2D eigenvalue weighted by Gasteiger charge is 2.35. The molecule has 2 aromatic rings. The summed E-state index contributed by atoms with van der Waals surface area (Å²) >= 11 is 0. The van der Waals surface area contributed by atoms with Gasteiger partial charge in [0.2, 0.25) is 10.0 Å². The lowest BCUT2D eigenvalue weighted by Crippen LogP contribution is -2.53. The van der Waals surface area contributed by atoms with Crippen molar-refractivity contribution < 1.29 is 31.9 Å². The van der Waals surface area contributed by atoms with Gasteiger partial charge in [-0.3, -0.25) is 9.59 Å². The number of ether oxygens (including phenoxy) is 2. The highest BCUT2D eigenvalue weighted by molar-refractivity contribution is 7.89. The third-order valence-corrected chi connectivity index (χ3v) is 7.43. The van der Waals surface area contributed by atoms with Gasteiger partial charge in [0.25, 0.3) is 0 Å². The SMILES string of the molecule is COc1ccc(CCNC(=O)C(=O)NCC2OCCCN2S(=O)(=O)c2ccc(F)cc2C)cc1. The minimum absolute atomic E-state index is 0.0352. The van der Waals surface area contributed by atoms with Gasteiger partial charge in [-0.25, -0.2) is 12.8 Å². The van der Waals surface area contributed by atoms with Crippen molar-refractivity contribution in [2.24, 2.45) is 0 Å². The third-order valence-electron chi connectivity index (χ3n) is 5.38.